The van der Waals surface area contributed by atoms with Crippen LogP contribution >= 0.6 is 11.8 Å². The number of benzene rings is 2. The molecule has 0 saturated heterocycles. The summed E-state index contributed by atoms with van der Waals surface area (Å²) in [6.45, 7) is 1.74. The van der Waals surface area contributed by atoms with Crippen molar-refractivity contribution in [3.8, 4) is 0 Å². The van der Waals surface area contributed by atoms with Crippen molar-refractivity contribution in [2.45, 2.75) is 17.6 Å². The maximum absolute atomic E-state index is 13.6. The van der Waals surface area contributed by atoms with Crippen LogP contribution in [0.3, 0.4) is 0 Å². The highest BCUT2D eigenvalue weighted by Crippen LogP contribution is 2.24. The van der Waals surface area contributed by atoms with Gasteiger partial charge in [0, 0.05) is 34.5 Å². The third-order valence-electron chi connectivity index (χ3n) is 4.20. The molecule has 0 spiro atoms. The number of anilines is 2. The minimum Gasteiger partial charge on any atom is -0.375 e. The van der Waals surface area contributed by atoms with Crippen molar-refractivity contribution in [1.29, 1.82) is 0 Å². The predicted octanol–water partition coefficient (Wildman–Crippen LogP) is 4.81. The fraction of sp³-hybridized carbons (Fsp3) is 0.0952. The zero-order valence-corrected chi connectivity index (χ0v) is 17.0. The zero-order chi connectivity index (χ0) is 22.0. The number of aryl methyl sites for hydroxylation is 1. The van der Waals surface area contributed by atoms with E-state index in [1.54, 1.807) is 37.3 Å². The minimum atomic E-state index is -0.862. The quantitative estimate of drug-likeness (QED) is 0.433. The summed E-state index contributed by atoms with van der Waals surface area (Å²) in [7, 11) is 0. The van der Waals surface area contributed by atoms with Crippen molar-refractivity contribution in [2.75, 3.05) is 10.6 Å². The number of thioether (sulfide) groups is 1. The van der Waals surface area contributed by atoms with E-state index in [4.69, 9.17) is 4.52 Å². The first-order valence-corrected chi connectivity index (χ1v) is 10.1. The molecule has 2 heterocycles. The fourth-order valence-electron chi connectivity index (χ4n) is 2.81. The molecular weight excluding hydrogens is 426 g/mol. The first-order chi connectivity index (χ1) is 14.9. The second-order valence-electron chi connectivity index (χ2n) is 6.60. The minimum absolute atomic E-state index is 0.126. The Morgan fingerprint density at radius 3 is 2.61 bits per heavy atom. The lowest BCUT2D eigenvalue weighted by molar-refractivity contribution is 0.262. The van der Waals surface area contributed by atoms with Gasteiger partial charge in [-0.1, -0.05) is 0 Å². The molecule has 0 aliphatic carbocycles. The number of carbonyl (C=O) groups is 1. The number of rotatable bonds is 5. The van der Waals surface area contributed by atoms with Crippen LogP contribution in [0.1, 0.15) is 11.5 Å². The lowest BCUT2D eigenvalue weighted by atomic mass is 10.3. The highest BCUT2D eigenvalue weighted by molar-refractivity contribution is 7.98. The molecule has 0 fully saturated rings. The number of hydrogen-bond donors (Lipinski definition) is 2. The SMILES string of the molecule is Cc1cc2nc(CSc3ccc(NC(=O)Nc4ccc(F)cc4F)cc3)cc(=O)n2o1. The van der Waals surface area contributed by atoms with E-state index in [-0.39, 0.29) is 11.2 Å². The van der Waals surface area contributed by atoms with Crippen LogP contribution < -0.4 is 16.2 Å². The smallest absolute Gasteiger partial charge is 0.323 e. The lowest BCUT2D eigenvalue weighted by Gasteiger charge is -2.09. The lowest BCUT2D eigenvalue weighted by Crippen LogP contribution is -2.20. The number of fused-ring (bicyclic) bond motifs is 1. The van der Waals surface area contributed by atoms with E-state index in [9.17, 15) is 18.4 Å². The molecule has 4 rings (SSSR count). The van der Waals surface area contributed by atoms with Gasteiger partial charge in [0.25, 0.3) is 5.56 Å². The zero-order valence-electron chi connectivity index (χ0n) is 16.2. The standard InChI is InChI=1S/C21H16F2N4O3S/c1-12-8-19-24-15(10-20(28)27(19)30-12)11-31-16-5-3-14(4-6-16)25-21(29)26-18-7-2-13(22)9-17(18)23/h2-10H,11H2,1H3,(H2,25,26,29). The van der Waals surface area contributed by atoms with Gasteiger partial charge in [0.05, 0.1) is 11.4 Å². The molecule has 7 nitrogen and oxygen atoms in total. The van der Waals surface area contributed by atoms with Crippen LogP contribution in [-0.2, 0) is 5.75 Å². The third kappa shape index (κ3) is 4.92. The highest BCUT2D eigenvalue weighted by atomic mass is 32.2. The summed E-state index contributed by atoms with van der Waals surface area (Å²) in [4.78, 5) is 29.4. The summed E-state index contributed by atoms with van der Waals surface area (Å²) < 4.78 is 33.0. The Bertz CT molecular complexity index is 1320. The second kappa shape index (κ2) is 8.60. The maximum Gasteiger partial charge on any atom is 0.323 e. The van der Waals surface area contributed by atoms with Crippen LogP contribution in [0.4, 0.5) is 25.0 Å². The third-order valence-corrected chi connectivity index (χ3v) is 5.25. The van der Waals surface area contributed by atoms with Crippen molar-refractivity contribution in [3.05, 3.63) is 88.0 Å². The summed E-state index contributed by atoms with van der Waals surface area (Å²) in [5.41, 5.74) is 1.18. The topological polar surface area (TPSA) is 88.6 Å². The molecule has 0 unspecified atom stereocenters. The largest absolute Gasteiger partial charge is 0.375 e. The monoisotopic (exact) mass is 442 g/mol. The molecule has 0 atom stereocenters. The Labute approximate surface area is 179 Å². The summed E-state index contributed by atoms with van der Waals surface area (Å²) >= 11 is 1.48. The number of aromatic nitrogens is 2. The van der Waals surface area contributed by atoms with Gasteiger partial charge >= 0.3 is 6.03 Å². The number of nitrogens with zero attached hydrogens (tertiary/aromatic N) is 2. The Morgan fingerprint density at radius 2 is 1.87 bits per heavy atom. The average Bonchev–Trinajstić information content (AvgIpc) is 3.10. The van der Waals surface area contributed by atoms with Gasteiger partial charge in [-0.05, 0) is 43.3 Å². The predicted molar refractivity (Wildman–Crippen MR) is 113 cm³/mol. The summed E-state index contributed by atoms with van der Waals surface area (Å²) in [5, 5.41) is 4.90. The van der Waals surface area contributed by atoms with Crippen LogP contribution in [0.25, 0.3) is 5.65 Å². The van der Waals surface area contributed by atoms with Gasteiger partial charge < -0.3 is 15.2 Å². The van der Waals surface area contributed by atoms with Crippen molar-refractivity contribution in [2.24, 2.45) is 0 Å². The normalized spacial score (nSPS) is 10.9. The molecule has 0 bridgehead atoms. The van der Waals surface area contributed by atoms with Crippen LogP contribution in [0, 0.1) is 18.6 Å². The highest BCUT2D eigenvalue weighted by Gasteiger charge is 2.09. The molecular formula is C21H16F2N4O3S. The first-order valence-electron chi connectivity index (χ1n) is 9.13. The summed E-state index contributed by atoms with van der Waals surface area (Å²) in [5.74, 6) is -0.507. The van der Waals surface area contributed by atoms with Crippen LogP contribution in [0.2, 0.25) is 0 Å². The number of carbonyl (C=O) groups excluding carboxylic acids is 1. The van der Waals surface area contributed by atoms with E-state index in [1.165, 1.54) is 17.8 Å². The number of hydrogen-bond acceptors (Lipinski definition) is 5. The summed E-state index contributed by atoms with van der Waals surface area (Å²) in [6, 6.07) is 12.3. The van der Waals surface area contributed by atoms with E-state index in [0.29, 0.717) is 34.6 Å². The van der Waals surface area contributed by atoms with Crippen LogP contribution in [-0.4, -0.2) is 15.6 Å². The average molecular weight is 442 g/mol. The molecule has 10 heteroatoms. The Morgan fingerprint density at radius 1 is 1.10 bits per heavy atom. The van der Waals surface area contributed by atoms with Crippen molar-refractivity contribution in [3.63, 3.8) is 0 Å². The molecule has 0 aliphatic heterocycles. The van der Waals surface area contributed by atoms with Gasteiger partial charge in [-0.2, -0.15) is 0 Å². The number of halogens is 2. The first kappa shape index (κ1) is 20.6. The van der Waals surface area contributed by atoms with Gasteiger partial charge in [-0.15, -0.1) is 16.3 Å². The van der Waals surface area contributed by atoms with Crippen LogP contribution in [0.15, 0.2) is 68.8 Å². The second-order valence-corrected chi connectivity index (χ2v) is 7.65. The van der Waals surface area contributed by atoms with E-state index in [1.807, 2.05) is 0 Å². The van der Waals surface area contributed by atoms with E-state index in [0.717, 1.165) is 21.6 Å². The number of nitrogens with one attached hydrogen (secondary N) is 2. The molecule has 2 N–H and O–H groups in total. The maximum atomic E-state index is 13.6. The van der Waals surface area contributed by atoms with E-state index in [2.05, 4.69) is 15.6 Å². The van der Waals surface area contributed by atoms with Gasteiger partial charge in [0.15, 0.2) is 5.65 Å². The Hall–Kier alpha value is -3.66. The molecule has 0 saturated carbocycles. The molecule has 31 heavy (non-hydrogen) atoms. The molecule has 0 aliphatic rings. The van der Waals surface area contributed by atoms with Crippen molar-refractivity contribution in [1.82, 2.24) is 9.56 Å². The fourth-order valence-corrected chi connectivity index (χ4v) is 3.61. The van der Waals surface area contributed by atoms with E-state index < -0.39 is 17.7 Å². The number of urea groups is 1. The van der Waals surface area contributed by atoms with Gasteiger partial charge in [0.2, 0.25) is 0 Å². The van der Waals surface area contributed by atoms with Crippen molar-refractivity contribution >= 4 is 34.8 Å². The van der Waals surface area contributed by atoms with Crippen molar-refractivity contribution < 1.29 is 18.1 Å². The molecule has 158 valence electrons. The van der Waals surface area contributed by atoms with Gasteiger partial charge in [-0.3, -0.25) is 4.79 Å². The Kier molecular flexibility index (Phi) is 5.72. The molecule has 2 amide bonds. The Balaban J connectivity index is 1.36. The van der Waals surface area contributed by atoms with Crippen LogP contribution in [0.5, 0.6) is 0 Å². The molecule has 4 aromatic rings. The molecule has 0 radical (unpaired) electrons. The van der Waals surface area contributed by atoms with E-state index >= 15 is 0 Å². The molecule has 2 aromatic carbocycles. The molecule has 2 aromatic heterocycles. The van der Waals surface area contributed by atoms with Gasteiger partial charge in [-0.25, -0.2) is 18.6 Å². The number of amides is 2. The van der Waals surface area contributed by atoms with Gasteiger partial charge in [0.1, 0.15) is 17.4 Å². The summed E-state index contributed by atoms with van der Waals surface area (Å²) in [6.07, 6.45) is 0.